The smallest absolute Gasteiger partial charge is 0.409 e. The lowest BCUT2D eigenvalue weighted by Crippen LogP contribution is -2.50. The van der Waals surface area contributed by atoms with E-state index in [-0.39, 0.29) is 49.8 Å². The van der Waals surface area contributed by atoms with E-state index in [1.807, 2.05) is 25.1 Å². The van der Waals surface area contributed by atoms with Gasteiger partial charge in [-0.05, 0) is 56.3 Å². The second-order valence-electron chi connectivity index (χ2n) is 8.27. The molecular weight excluding hydrogens is 528 g/mol. The molecule has 10 nitrogen and oxygen atoms in total. The van der Waals surface area contributed by atoms with E-state index < -0.39 is 22.0 Å². The number of sulfonamides is 1. The molecule has 2 aromatic carbocycles. The Morgan fingerprint density at radius 1 is 1.05 bits per heavy atom. The Labute approximate surface area is 225 Å². The molecule has 0 unspecified atom stereocenters. The molecule has 0 spiro atoms. The van der Waals surface area contributed by atoms with Gasteiger partial charge in [0.05, 0.1) is 34.9 Å². The van der Waals surface area contributed by atoms with Crippen LogP contribution in [0.4, 0.5) is 4.79 Å². The quantitative estimate of drug-likeness (QED) is 0.414. The molecule has 0 bridgehead atoms. The first-order valence-corrected chi connectivity index (χ1v) is 14.3. The Bertz CT molecular complexity index is 1540. The largest absolute Gasteiger partial charge is 0.494 e. The molecule has 0 atom stereocenters. The normalized spacial score (nSPS) is 14.9. The molecule has 200 valence electrons. The van der Waals surface area contributed by atoms with Crippen molar-refractivity contribution < 1.29 is 27.5 Å². The summed E-state index contributed by atoms with van der Waals surface area (Å²) in [6.07, 6.45) is 5.10. The molecule has 12 heteroatoms. The maximum Gasteiger partial charge on any atom is 0.409 e. The molecule has 3 aromatic rings. The molecule has 4 rings (SSSR count). The molecule has 0 saturated carbocycles. The standard InChI is InChI=1S/C26H28N4O6S2/c1-4-13-30-22-12-9-20(35-5-2)18-23(22)37-25(30)27-24(31)19-7-10-21(11-8-19)38(33,34)29-16-14-28(15-17-29)26(32)36-6-3/h1,7-12,18H,5-6,13-17H2,2-3H3. The second kappa shape index (κ2) is 11.8. The van der Waals surface area contributed by atoms with Gasteiger partial charge in [0.2, 0.25) is 10.0 Å². The van der Waals surface area contributed by atoms with Gasteiger partial charge in [-0.15, -0.1) is 6.42 Å². The number of piperazine rings is 1. The number of aromatic nitrogens is 1. The van der Waals surface area contributed by atoms with E-state index >= 15 is 0 Å². The fraction of sp³-hybridized carbons (Fsp3) is 0.346. The number of amides is 2. The maximum atomic E-state index is 13.1. The lowest BCUT2D eigenvalue weighted by atomic mass is 10.2. The SMILES string of the molecule is C#CCn1c(=NC(=O)c2ccc(S(=O)(=O)N3CCN(C(=O)OCC)CC3)cc2)sc2cc(OCC)ccc21. The number of fused-ring (bicyclic) bond motifs is 1. The Kier molecular flexibility index (Phi) is 8.51. The monoisotopic (exact) mass is 556 g/mol. The van der Waals surface area contributed by atoms with Crippen LogP contribution in [-0.2, 0) is 21.3 Å². The van der Waals surface area contributed by atoms with Crippen LogP contribution in [0.5, 0.6) is 5.75 Å². The second-order valence-corrected chi connectivity index (χ2v) is 11.2. The van der Waals surface area contributed by atoms with Crippen molar-refractivity contribution in [1.82, 2.24) is 13.8 Å². The minimum atomic E-state index is -3.79. The van der Waals surface area contributed by atoms with Crippen molar-refractivity contribution in [3.8, 4) is 18.1 Å². The van der Waals surface area contributed by atoms with Gasteiger partial charge in [-0.2, -0.15) is 9.30 Å². The minimum absolute atomic E-state index is 0.0614. The van der Waals surface area contributed by atoms with Crippen LogP contribution in [0.3, 0.4) is 0 Å². The number of carbonyl (C=O) groups excluding carboxylic acids is 2. The number of ether oxygens (including phenoxy) is 2. The highest BCUT2D eigenvalue weighted by Gasteiger charge is 2.30. The van der Waals surface area contributed by atoms with Crippen LogP contribution in [-0.4, -0.2) is 73.6 Å². The third-order valence-electron chi connectivity index (χ3n) is 5.92. The highest BCUT2D eigenvalue weighted by molar-refractivity contribution is 7.89. The van der Waals surface area contributed by atoms with Crippen LogP contribution in [0.2, 0.25) is 0 Å². The summed E-state index contributed by atoms with van der Waals surface area (Å²) in [6.45, 7) is 5.45. The van der Waals surface area contributed by atoms with Gasteiger partial charge in [0, 0.05) is 31.7 Å². The predicted octanol–water partition coefficient (Wildman–Crippen LogP) is 2.94. The molecule has 0 N–H and O–H groups in total. The first-order chi connectivity index (χ1) is 18.3. The molecule has 0 aliphatic carbocycles. The van der Waals surface area contributed by atoms with Gasteiger partial charge in [0.15, 0.2) is 4.80 Å². The number of rotatable bonds is 7. The third-order valence-corrected chi connectivity index (χ3v) is 8.87. The van der Waals surface area contributed by atoms with Crippen molar-refractivity contribution in [3.63, 3.8) is 0 Å². The molecule has 1 fully saturated rings. The van der Waals surface area contributed by atoms with E-state index in [4.69, 9.17) is 15.9 Å². The molecule has 38 heavy (non-hydrogen) atoms. The number of terminal acetylenes is 1. The van der Waals surface area contributed by atoms with Crippen molar-refractivity contribution in [2.75, 3.05) is 39.4 Å². The Morgan fingerprint density at radius 2 is 1.76 bits per heavy atom. The lowest BCUT2D eigenvalue weighted by molar-refractivity contribution is 0.0933. The molecule has 1 aliphatic rings. The lowest BCUT2D eigenvalue weighted by Gasteiger charge is -2.33. The van der Waals surface area contributed by atoms with Crippen LogP contribution >= 0.6 is 11.3 Å². The van der Waals surface area contributed by atoms with Gasteiger partial charge in [0.1, 0.15) is 5.75 Å². The Hall–Kier alpha value is -3.66. The van der Waals surface area contributed by atoms with Gasteiger partial charge < -0.3 is 18.9 Å². The van der Waals surface area contributed by atoms with E-state index in [1.165, 1.54) is 44.8 Å². The van der Waals surface area contributed by atoms with E-state index in [9.17, 15) is 18.0 Å². The van der Waals surface area contributed by atoms with Gasteiger partial charge >= 0.3 is 6.09 Å². The zero-order valence-electron chi connectivity index (χ0n) is 21.1. The summed E-state index contributed by atoms with van der Waals surface area (Å²) in [5.41, 5.74) is 1.09. The maximum absolute atomic E-state index is 13.1. The Morgan fingerprint density at radius 3 is 2.39 bits per heavy atom. The van der Waals surface area contributed by atoms with E-state index in [0.29, 0.717) is 17.2 Å². The molecule has 2 amide bonds. The average Bonchev–Trinajstić information content (AvgIpc) is 3.25. The van der Waals surface area contributed by atoms with Crippen LogP contribution in [0.25, 0.3) is 10.2 Å². The number of thiazole rings is 1. The molecule has 2 heterocycles. The van der Waals surface area contributed by atoms with Crippen molar-refractivity contribution >= 4 is 43.6 Å². The Balaban J connectivity index is 1.54. The fourth-order valence-corrected chi connectivity index (χ4v) is 6.51. The van der Waals surface area contributed by atoms with Crippen molar-refractivity contribution in [2.45, 2.75) is 25.3 Å². The van der Waals surface area contributed by atoms with Gasteiger partial charge in [0.25, 0.3) is 5.91 Å². The molecule has 0 radical (unpaired) electrons. The van der Waals surface area contributed by atoms with Crippen LogP contribution in [0.1, 0.15) is 24.2 Å². The summed E-state index contributed by atoms with van der Waals surface area (Å²) in [5.74, 6) is 2.79. The first kappa shape index (κ1) is 27.4. The average molecular weight is 557 g/mol. The van der Waals surface area contributed by atoms with Crippen LogP contribution < -0.4 is 9.54 Å². The number of carbonyl (C=O) groups is 2. The zero-order valence-corrected chi connectivity index (χ0v) is 22.8. The van der Waals surface area contributed by atoms with Crippen molar-refractivity contribution in [2.24, 2.45) is 4.99 Å². The number of nitrogens with zero attached hydrogens (tertiary/aromatic N) is 4. The summed E-state index contributed by atoms with van der Waals surface area (Å²) in [6, 6.07) is 11.3. The molecule has 1 saturated heterocycles. The minimum Gasteiger partial charge on any atom is -0.494 e. The highest BCUT2D eigenvalue weighted by Crippen LogP contribution is 2.24. The zero-order chi connectivity index (χ0) is 27.3. The highest BCUT2D eigenvalue weighted by atomic mass is 32.2. The van der Waals surface area contributed by atoms with E-state index in [2.05, 4.69) is 10.9 Å². The predicted molar refractivity (Wildman–Crippen MR) is 144 cm³/mol. The number of hydrogen-bond acceptors (Lipinski definition) is 7. The molecular formula is C26H28N4O6S2. The molecule has 1 aromatic heterocycles. The third kappa shape index (κ3) is 5.75. The van der Waals surface area contributed by atoms with Crippen molar-refractivity contribution in [1.29, 1.82) is 0 Å². The van der Waals surface area contributed by atoms with Crippen molar-refractivity contribution in [3.05, 3.63) is 52.8 Å². The van der Waals surface area contributed by atoms with Gasteiger partial charge in [-0.3, -0.25) is 4.79 Å². The van der Waals surface area contributed by atoms with E-state index in [1.54, 1.807) is 11.5 Å². The first-order valence-electron chi connectivity index (χ1n) is 12.1. The molecule has 1 aliphatic heterocycles. The summed E-state index contributed by atoms with van der Waals surface area (Å²) < 4.78 is 40.7. The summed E-state index contributed by atoms with van der Waals surface area (Å²) in [5, 5.41) is 0. The number of hydrogen-bond donors (Lipinski definition) is 0. The summed E-state index contributed by atoms with van der Waals surface area (Å²) in [7, 11) is -3.79. The van der Waals surface area contributed by atoms with E-state index in [0.717, 1.165) is 10.2 Å². The van der Waals surface area contributed by atoms with Gasteiger partial charge in [-0.25, -0.2) is 13.2 Å². The fourth-order valence-electron chi connectivity index (χ4n) is 4.04. The number of benzene rings is 2. The van der Waals surface area contributed by atoms with Crippen LogP contribution in [0.15, 0.2) is 52.4 Å². The summed E-state index contributed by atoms with van der Waals surface area (Å²) in [4.78, 5) is 31.1. The topological polar surface area (TPSA) is 111 Å². The van der Waals surface area contributed by atoms with Gasteiger partial charge in [-0.1, -0.05) is 17.3 Å². The van der Waals surface area contributed by atoms with Crippen LogP contribution in [0, 0.1) is 12.3 Å². The summed E-state index contributed by atoms with van der Waals surface area (Å²) >= 11 is 1.32.